The Labute approximate surface area is 147 Å². The van der Waals surface area contributed by atoms with Crippen molar-refractivity contribution >= 4 is 5.91 Å². The van der Waals surface area contributed by atoms with Crippen molar-refractivity contribution in [2.45, 2.75) is 45.3 Å². The van der Waals surface area contributed by atoms with E-state index in [0.29, 0.717) is 18.9 Å². The van der Waals surface area contributed by atoms with Crippen LogP contribution in [0.1, 0.15) is 54.9 Å². The Morgan fingerprint density at radius 3 is 2.96 bits per heavy atom. The number of carbonyl (C=O) groups is 1. The van der Waals surface area contributed by atoms with Gasteiger partial charge in [-0.05, 0) is 38.8 Å². The highest BCUT2D eigenvalue weighted by Crippen LogP contribution is 2.32. The van der Waals surface area contributed by atoms with E-state index in [2.05, 4.69) is 10.5 Å². The zero-order chi connectivity index (χ0) is 17.9. The first kappa shape index (κ1) is 17.5. The molecule has 2 aromatic rings. The topological polar surface area (TPSA) is 73.6 Å². The molecule has 0 radical (unpaired) electrons. The lowest BCUT2D eigenvalue weighted by atomic mass is 9.93. The molecule has 134 valence electrons. The standard InChI is InChI=1S/C19H24N2O4/c1-19(2,3)24-12-14-10-16(21-25-14)18(22)20-11-13-8-9-23-17-7-5-4-6-15(13)17/h4-7,10,13H,8-9,11-12H2,1-3H3,(H,20,22)/t13-/m0/s1. The quantitative estimate of drug-likeness (QED) is 0.901. The van der Waals surface area contributed by atoms with Crippen LogP contribution in [0, 0.1) is 0 Å². The van der Waals surface area contributed by atoms with Gasteiger partial charge in [-0.25, -0.2) is 0 Å². The zero-order valence-corrected chi connectivity index (χ0v) is 14.9. The Bertz CT molecular complexity index is 733. The van der Waals surface area contributed by atoms with E-state index in [1.807, 2.05) is 45.0 Å². The van der Waals surface area contributed by atoms with E-state index >= 15 is 0 Å². The number of aromatic nitrogens is 1. The largest absolute Gasteiger partial charge is 0.493 e. The molecular weight excluding hydrogens is 320 g/mol. The van der Waals surface area contributed by atoms with Gasteiger partial charge in [-0.2, -0.15) is 0 Å². The number of ether oxygens (including phenoxy) is 2. The molecule has 0 aliphatic carbocycles. The first-order valence-corrected chi connectivity index (χ1v) is 8.52. The molecule has 1 aliphatic rings. The average Bonchev–Trinajstić information content (AvgIpc) is 3.06. The third-order valence-electron chi connectivity index (χ3n) is 4.03. The molecule has 0 bridgehead atoms. The van der Waals surface area contributed by atoms with Crippen molar-refractivity contribution in [2.24, 2.45) is 0 Å². The van der Waals surface area contributed by atoms with Crippen molar-refractivity contribution < 1.29 is 18.8 Å². The van der Waals surface area contributed by atoms with E-state index in [9.17, 15) is 4.79 Å². The van der Waals surface area contributed by atoms with E-state index in [1.165, 1.54) is 0 Å². The smallest absolute Gasteiger partial charge is 0.273 e. The first-order valence-electron chi connectivity index (χ1n) is 8.52. The van der Waals surface area contributed by atoms with Gasteiger partial charge >= 0.3 is 0 Å². The van der Waals surface area contributed by atoms with Gasteiger partial charge in [0.05, 0.1) is 12.2 Å². The molecule has 1 amide bonds. The summed E-state index contributed by atoms with van der Waals surface area (Å²) in [5.41, 5.74) is 1.13. The molecule has 2 heterocycles. The summed E-state index contributed by atoms with van der Waals surface area (Å²) in [6, 6.07) is 9.57. The molecule has 0 spiro atoms. The summed E-state index contributed by atoms with van der Waals surface area (Å²) < 4.78 is 16.4. The molecule has 0 saturated carbocycles. The van der Waals surface area contributed by atoms with Crippen molar-refractivity contribution in [3.63, 3.8) is 0 Å². The lowest BCUT2D eigenvalue weighted by molar-refractivity contribution is -0.0241. The maximum atomic E-state index is 12.3. The van der Waals surface area contributed by atoms with Gasteiger partial charge in [-0.1, -0.05) is 23.4 Å². The lowest BCUT2D eigenvalue weighted by Gasteiger charge is -2.25. The SMILES string of the molecule is CC(C)(C)OCc1cc(C(=O)NC[C@@H]2CCOc3ccccc32)no1. The number of rotatable bonds is 5. The number of nitrogens with one attached hydrogen (secondary N) is 1. The Kier molecular flexibility index (Phi) is 5.08. The average molecular weight is 344 g/mol. The molecule has 0 saturated heterocycles. The minimum Gasteiger partial charge on any atom is -0.493 e. The third kappa shape index (κ3) is 4.60. The van der Waals surface area contributed by atoms with E-state index < -0.39 is 0 Å². The molecular formula is C19H24N2O4. The van der Waals surface area contributed by atoms with Crippen LogP contribution in [0.15, 0.2) is 34.9 Å². The highest BCUT2D eigenvalue weighted by atomic mass is 16.5. The lowest BCUT2D eigenvalue weighted by Crippen LogP contribution is -2.30. The van der Waals surface area contributed by atoms with Gasteiger partial charge < -0.3 is 19.3 Å². The number of nitrogens with zero attached hydrogens (tertiary/aromatic N) is 1. The number of fused-ring (bicyclic) bond motifs is 1. The molecule has 1 atom stereocenters. The van der Waals surface area contributed by atoms with Crippen molar-refractivity contribution in [1.82, 2.24) is 10.5 Å². The maximum Gasteiger partial charge on any atom is 0.273 e. The molecule has 25 heavy (non-hydrogen) atoms. The highest BCUT2D eigenvalue weighted by Gasteiger charge is 2.22. The summed E-state index contributed by atoms with van der Waals surface area (Å²) in [4.78, 5) is 12.3. The number of amides is 1. The van der Waals surface area contributed by atoms with Gasteiger partial charge in [0.25, 0.3) is 5.91 Å². The first-order chi connectivity index (χ1) is 11.9. The van der Waals surface area contributed by atoms with Crippen LogP contribution in [-0.4, -0.2) is 29.8 Å². The van der Waals surface area contributed by atoms with E-state index in [0.717, 1.165) is 17.7 Å². The summed E-state index contributed by atoms with van der Waals surface area (Å²) in [6.45, 7) is 7.38. The fraction of sp³-hybridized carbons (Fsp3) is 0.474. The van der Waals surface area contributed by atoms with Crippen LogP contribution in [0.3, 0.4) is 0 Å². The van der Waals surface area contributed by atoms with Gasteiger partial charge in [-0.15, -0.1) is 0 Å². The fourth-order valence-corrected chi connectivity index (χ4v) is 2.71. The number of benzene rings is 1. The minimum atomic E-state index is -0.272. The molecule has 1 aromatic heterocycles. The van der Waals surface area contributed by atoms with E-state index in [4.69, 9.17) is 14.0 Å². The number of hydrogen-bond donors (Lipinski definition) is 1. The predicted molar refractivity (Wildman–Crippen MR) is 92.7 cm³/mol. The molecule has 0 fully saturated rings. The number of carbonyl (C=O) groups excluding carboxylic acids is 1. The molecule has 1 N–H and O–H groups in total. The molecule has 3 rings (SSSR count). The van der Waals surface area contributed by atoms with E-state index in [1.54, 1.807) is 6.07 Å². The Balaban J connectivity index is 1.56. The van der Waals surface area contributed by atoms with Gasteiger partial charge in [0, 0.05) is 18.5 Å². The monoisotopic (exact) mass is 344 g/mol. The van der Waals surface area contributed by atoms with Crippen LogP contribution in [-0.2, 0) is 11.3 Å². The van der Waals surface area contributed by atoms with Crippen molar-refractivity contribution in [1.29, 1.82) is 0 Å². The molecule has 6 heteroatoms. The minimum absolute atomic E-state index is 0.240. The van der Waals surface area contributed by atoms with Crippen molar-refractivity contribution in [2.75, 3.05) is 13.2 Å². The molecule has 0 unspecified atom stereocenters. The Hall–Kier alpha value is -2.34. The van der Waals surface area contributed by atoms with Gasteiger partial charge in [0.15, 0.2) is 11.5 Å². The van der Waals surface area contributed by atoms with Gasteiger partial charge in [0.1, 0.15) is 12.4 Å². The van der Waals surface area contributed by atoms with Crippen LogP contribution in [0.2, 0.25) is 0 Å². The van der Waals surface area contributed by atoms with Crippen LogP contribution >= 0.6 is 0 Å². The Morgan fingerprint density at radius 1 is 1.36 bits per heavy atom. The number of para-hydroxylation sites is 1. The highest BCUT2D eigenvalue weighted by molar-refractivity contribution is 5.92. The maximum absolute atomic E-state index is 12.3. The fourth-order valence-electron chi connectivity index (χ4n) is 2.71. The zero-order valence-electron chi connectivity index (χ0n) is 14.9. The second kappa shape index (κ2) is 7.27. The van der Waals surface area contributed by atoms with Crippen LogP contribution in [0.4, 0.5) is 0 Å². The summed E-state index contributed by atoms with van der Waals surface area (Å²) in [6.07, 6.45) is 0.876. The summed E-state index contributed by atoms with van der Waals surface area (Å²) in [5, 5.41) is 6.77. The third-order valence-corrected chi connectivity index (χ3v) is 4.03. The molecule has 1 aromatic carbocycles. The Morgan fingerprint density at radius 2 is 2.16 bits per heavy atom. The number of hydrogen-bond acceptors (Lipinski definition) is 5. The van der Waals surface area contributed by atoms with Crippen LogP contribution in [0.5, 0.6) is 5.75 Å². The normalized spacial score (nSPS) is 16.8. The van der Waals surface area contributed by atoms with Crippen LogP contribution in [0.25, 0.3) is 0 Å². The van der Waals surface area contributed by atoms with Gasteiger partial charge in [0.2, 0.25) is 0 Å². The van der Waals surface area contributed by atoms with Crippen molar-refractivity contribution in [3.8, 4) is 5.75 Å². The molecule has 1 aliphatic heterocycles. The molecule has 6 nitrogen and oxygen atoms in total. The van der Waals surface area contributed by atoms with Crippen LogP contribution < -0.4 is 10.1 Å². The van der Waals surface area contributed by atoms with Gasteiger partial charge in [-0.3, -0.25) is 4.79 Å². The summed E-state index contributed by atoms with van der Waals surface area (Å²) in [5.74, 6) is 1.44. The second-order valence-electron chi connectivity index (χ2n) is 7.16. The predicted octanol–water partition coefficient (Wildman–Crippen LogP) is 3.29. The van der Waals surface area contributed by atoms with Crippen molar-refractivity contribution in [3.05, 3.63) is 47.3 Å². The summed E-state index contributed by atoms with van der Waals surface area (Å²) >= 11 is 0. The van der Waals surface area contributed by atoms with E-state index in [-0.39, 0.29) is 29.7 Å². The summed E-state index contributed by atoms with van der Waals surface area (Å²) in [7, 11) is 0. The second-order valence-corrected chi connectivity index (χ2v) is 7.16.